The molecule has 0 aliphatic rings. The van der Waals surface area contributed by atoms with Gasteiger partial charge in [-0.05, 0) is 52.8 Å². The van der Waals surface area contributed by atoms with Gasteiger partial charge < -0.3 is 14.6 Å². The van der Waals surface area contributed by atoms with Crippen LogP contribution in [-0.2, 0) is 16.1 Å². The Hall–Kier alpha value is -2.70. The van der Waals surface area contributed by atoms with Gasteiger partial charge in [0.1, 0.15) is 5.69 Å². The number of hydrogen-bond donors (Lipinski definition) is 1. The molecule has 134 valence electrons. The first-order valence-electron chi connectivity index (χ1n) is 8.27. The monoisotopic (exact) mass is 345 g/mol. The third-order valence-corrected chi connectivity index (χ3v) is 3.74. The normalized spacial score (nSPS) is 12.2. The van der Waals surface area contributed by atoms with Crippen LogP contribution in [0, 0.1) is 6.92 Å². The molecular weight excluding hydrogens is 322 g/mol. The van der Waals surface area contributed by atoms with Gasteiger partial charge in [-0.25, -0.2) is 9.78 Å². The molecule has 2 aromatic rings. The number of nitrogens with zero attached hydrogens (tertiary/aromatic N) is 2. The van der Waals surface area contributed by atoms with Crippen molar-refractivity contribution in [3.05, 3.63) is 39.8 Å². The van der Waals surface area contributed by atoms with Crippen molar-refractivity contribution in [1.29, 1.82) is 0 Å². The minimum atomic E-state index is -0.898. The Morgan fingerprint density at radius 1 is 1.28 bits per heavy atom. The van der Waals surface area contributed by atoms with Gasteiger partial charge in [0.25, 0.3) is 11.5 Å². The zero-order valence-corrected chi connectivity index (χ0v) is 15.1. The first kappa shape index (κ1) is 18.6. The van der Waals surface area contributed by atoms with Gasteiger partial charge in [0.05, 0.1) is 16.6 Å². The summed E-state index contributed by atoms with van der Waals surface area (Å²) in [6.07, 6.45) is -0.898. The Morgan fingerprint density at radius 3 is 2.56 bits per heavy atom. The van der Waals surface area contributed by atoms with E-state index < -0.39 is 12.1 Å². The number of rotatable bonds is 5. The summed E-state index contributed by atoms with van der Waals surface area (Å²) in [5.41, 5.74) is 1.69. The SMILES string of the molecule is CCn1c(=O)c(C)nc2cc(C(=O)O[C@@H](C)C(=O)NC(C)C)ccc21. The van der Waals surface area contributed by atoms with Crippen LogP contribution in [0.15, 0.2) is 23.0 Å². The zero-order valence-electron chi connectivity index (χ0n) is 15.1. The van der Waals surface area contributed by atoms with E-state index in [1.807, 2.05) is 20.8 Å². The Labute approximate surface area is 146 Å². The van der Waals surface area contributed by atoms with E-state index in [9.17, 15) is 14.4 Å². The Kier molecular flexibility index (Phi) is 5.56. The molecule has 1 atom stereocenters. The number of esters is 1. The predicted octanol–water partition coefficient (Wildman–Crippen LogP) is 1.79. The smallest absolute Gasteiger partial charge is 0.338 e. The molecule has 7 nitrogen and oxygen atoms in total. The van der Waals surface area contributed by atoms with E-state index in [4.69, 9.17) is 4.74 Å². The van der Waals surface area contributed by atoms with Crippen LogP contribution >= 0.6 is 0 Å². The maximum atomic E-state index is 12.3. The summed E-state index contributed by atoms with van der Waals surface area (Å²) in [6.45, 7) is 9.20. The summed E-state index contributed by atoms with van der Waals surface area (Å²) in [7, 11) is 0. The van der Waals surface area contributed by atoms with Gasteiger partial charge in [-0.15, -0.1) is 0 Å². The third kappa shape index (κ3) is 4.04. The Bertz CT molecular complexity index is 870. The number of amides is 1. The van der Waals surface area contributed by atoms with Crippen molar-refractivity contribution in [2.75, 3.05) is 0 Å². The molecule has 0 saturated heterocycles. The molecule has 0 unspecified atom stereocenters. The summed E-state index contributed by atoms with van der Waals surface area (Å²) in [4.78, 5) is 40.5. The average molecular weight is 345 g/mol. The molecule has 0 radical (unpaired) electrons. The van der Waals surface area contributed by atoms with Crippen LogP contribution in [0.2, 0.25) is 0 Å². The quantitative estimate of drug-likeness (QED) is 0.835. The van der Waals surface area contributed by atoms with Crippen LogP contribution in [-0.4, -0.2) is 33.6 Å². The summed E-state index contributed by atoms with van der Waals surface area (Å²) >= 11 is 0. The van der Waals surface area contributed by atoms with Crippen molar-refractivity contribution in [3.63, 3.8) is 0 Å². The highest BCUT2D eigenvalue weighted by Gasteiger charge is 2.20. The summed E-state index contributed by atoms with van der Waals surface area (Å²) < 4.78 is 6.81. The number of carbonyl (C=O) groups is 2. The highest BCUT2D eigenvalue weighted by Crippen LogP contribution is 2.15. The molecule has 1 N–H and O–H groups in total. The van der Waals surface area contributed by atoms with E-state index in [0.717, 1.165) is 0 Å². The largest absolute Gasteiger partial charge is 0.449 e. The molecule has 1 aromatic heterocycles. The topological polar surface area (TPSA) is 90.3 Å². The highest BCUT2D eigenvalue weighted by molar-refractivity contribution is 5.95. The van der Waals surface area contributed by atoms with Gasteiger partial charge >= 0.3 is 5.97 Å². The van der Waals surface area contributed by atoms with Crippen molar-refractivity contribution >= 4 is 22.9 Å². The second kappa shape index (κ2) is 7.46. The van der Waals surface area contributed by atoms with Crippen LogP contribution in [0.1, 0.15) is 43.7 Å². The minimum absolute atomic E-state index is 0.0349. The average Bonchev–Trinajstić information content (AvgIpc) is 2.54. The molecule has 0 fully saturated rings. The molecule has 1 amide bonds. The number of aryl methyl sites for hydroxylation is 2. The molecule has 0 saturated carbocycles. The maximum Gasteiger partial charge on any atom is 0.338 e. The number of benzene rings is 1. The van der Waals surface area contributed by atoms with Gasteiger partial charge in [0.2, 0.25) is 0 Å². The molecule has 0 aliphatic carbocycles. The van der Waals surface area contributed by atoms with Gasteiger partial charge in [0, 0.05) is 12.6 Å². The first-order valence-corrected chi connectivity index (χ1v) is 8.27. The predicted molar refractivity (Wildman–Crippen MR) is 94.6 cm³/mol. The van der Waals surface area contributed by atoms with Crippen LogP contribution < -0.4 is 10.9 Å². The second-order valence-electron chi connectivity index (χ2n) is 6.16. The fraction of sp³-hybridized carbons (Fsp3) is 0.444. The molecular formula is C18H23N3O4. The van der Waals surface area contributed by atoms with Crippen LogP contribution in [0.5, 0.6) is 0 Å². The number of carbonyl (C=O) groups excluding carboxylic acids is 2. The fourth-order valence-corrected chi connectivity index (χ4v) is 2.50. The molecule has 1 aromatic carbocycles. The van der Waals surface area contributed by atoms with E-state index in [1.54, 1.807) is 29.7 Å². The lowest BCUT2D eigenvalue weighted by atomic mass is 10.2. The molecule has 0 spiro atoms. The Balaban J connectivity index is 2.29. The van der Waals surface area contributed by atoms with E-state index in [2.05, 4.69) is 10.3 Å². The number of fused-ring (bicyclic) bond motifs is 1. The molecule has 1 heterocycles. The summed E-state index contributed by atoms with van der Waals surface area (Å²) in [6, 6.07) is 4.78. The van der Waals surface area contributed by atoms with Gasteiger partial charge in [-0.1, -0.05) is 0 Å². The van der Waals surface area contributed by atoms with Crippen LogP contribution in [0.3, 0.4) is 0 Å². The van der Waals surface area contributed by atoms with E-state index in [-0.39, 0.29) is 23.1 Å². The maximum absolute atomic E-state index is 12.3. The third-order valence-electron chi connectivity index (χ3n) is 3.74. The van der Waals surface area contributed by atoms with Gasteiger partial charge in [-0.3, -0.25) is 9.59 Å². The first-order chi connectivity index (χ1) is 11.7. The van der Waals surface area contributed by atoms with Crippen molar-refractivity contribution in [2.24, 2.45) is 0 Å². The number of ether oxygens (including phenoxy) is 1. The molecule has 25 heavy (non-hydrogen) atoms. The van der Waals surface area contributed by atoms with E-state index in [1.165, 1.54) is 6.92 Å². The van der Waals surface area contributed by atoms with E-state index >= 15 is 0 Å². The minimum Gasteiger partial charge on any atom is -0.449 e. The standard InChI is InChI=1S/C18H23N3O4/c1-6-21-15-8-7-13(9-14(15)20-11(4)17(21)23)18(24)25-12(5)16(22)19-10(2)3/h7-10,12H,6H2,1-5H3,(H,19,22)/t12-/m0/s1. The van der Waals surface area contributed by atoms with E-state index in [0.29, 0.717) is 23.3 Å². The zero-order chi connectivity index (χ0) is 18.7. The second-order valence-corrected chi connectivity index (χ2v) is 6.16. The Morgan fingerprint density at radius 2 is 1.96 bits per heavy atom. The van der Waals surface area contributed by atoms with Gasteiger partial charge in [0.15, 0.2) is 6.10 Å². The van der Waals surface area contributed by atoms with Crippen molar-refractivity contribution in [2.45, 2.75) is 53.3 Å². The van der Waals surface area contributed by atoms with Gasteiger partial charge in [-0.2, -0.15) is 0 Å². The fourth-order valence-electron chi connectivity index (χ4n) is 2.50. The highest BCUT2D eigenvalue weighted by atomic mass is 16.5. The summed E-state index contributed by atoms with van der Waals surface area (Å²) in [5, 5.41) is 2.69. The lowest BCUT2D eigenvalue weighted by Crippen LogP contribution is -2.39. The van der Waals surface area contributed by atoms with Crippen molar-refractivity contribution < 1.29 is 14.3 Å². The molecule has 2 rings (SSSR count). The number of hydrogen-bond acceptors (Lipinski definition) is 5. The summed E-state index contributed by atoms with van der Waals surface area (Å²) in [5.74, 6) is -0.958. The van der Waals surface area contributed by atoms with Crippen LogP contribution in [0.4, 0.5) is 0 Å². The lowest BCUT2D eigenvalue weighted by molar-refractivity contribution is -0.129. The molecule has 0 aliphatic heterocycles. The van der Waals surface area contributed by atoms with Crippen molar-refractivity contribution in [1.82, 2.24) is 14.9 Å². The molecule has 7 heteroatoms. The lowest BCUT2D eigenvalue weighted by Gasteiger charge is -2.15. The number of aromatic nitrogens is 2. The number of nitrogens with one attached hydrogen (secondary N) is 1. The van der Waals surface area contributed by atoms with Crippen LogP contribution in [0.25, 0.3) is 11.0 Å². The van der Waals surface area contributed by atoms with Crippen molar-refractivity contribution in [3.8, 4) is 0 Å². The molecule has 0 bridgehead atoms.